The predicted molar refractivity (Wildman–Crippen MR) is 90.6 cm³/mol. The SMILES string of the molecule is Cc1nc(CCNC(=O)N2CCO[C@H](c3ccc(F)cc3)C2)cs1. The van der Waals surface area contributed by atoms with E-state index in [0.717, 1.165) is 22.7 Å². The number of halogens is 1. The molecule has 1 aliphatic rings. The summed E-state index contributed by atoms with van der Waals surface area (Å²) in [6.07, 6.45) is 0.508. The van der Waals surface area contributed by atoms with E-state index in [4.69, 9.17) is 4.74 Å². The molecule has 1 atom stereocenters. The second-order valence-corrected chi connectivity index (χ2v) is 6.76. The Hall–Kier alpha value is -1.99. The molecule has 128 valence electrons. The van der Waals surface area contributed by atoms with Crippen molar-refractivity contribution in [1.29, 1.82) is 0 Å². The molecule has 5 nitrogen and oxygen atoms in total. The van der Waals surface area contributed by atoms with Crippen molar-refractivity contribution in [3.63, 3.8) is 0 Å². The van der Waals surface area contributed by atoms with E-state index in [9.17, 15) is 9.18 Å². The first kappa shape index (κ1) is 16.9. The Morgan fingerprint density at radius 3 is 2.96 bits per heavy atom. The second-order valence-electron chi connectivity index (χ2n) is 5.70. The lowest BCUT2D eigenvalue weighted by Gasteiger charge is -2.33. The van der Waals surface area contributed by atoms with E-state index < -0.39 is 0 Å². The molecule has 1 aliphatic heterocycles. The third-order valence-electron chi connectivity index (χ3n) is 3.92. The molecule has 0 unspecified atom stereocenters. The number of carbonyl (C=O) groups is 1. The topological polar surface area (TPSA) is 54.5 Å². The van der Waals surface area contributed by atoms with Crippen molar-refractivity contribution in [3.8, 4) is 0 Å². The van der Waals surface area contributed by atoms with Gasteiger partial charge in [-0.25, -0.2) is 14.2 Å². The van der Waals surface area contributed by atoms with Gasteiger partial charge in [0, 0.05) is 24.9 Å². The molecule has 2 amide bonds. The van der Waals surface area contributed by atoms with E-state index in [0.29, 0.717) is 26.2 Å². The van der Waals surface area contributed by atoms with Crippen LogP contribution in [-0.4, -0.2) is 42.2 Å². The van der Waals surface area contributed by atoms with Gasteiger partial charge in [-0.3, -0.25) is 0 Å². The average molecular weight is 349 g/mol. The van der Waals surface area contributed by atoms with Crippen LogP contribution in [0.4, 0.5) is 9.18 Å². The fourth-order valence-corrected chi connectivity index (χ4v) is 3.29. The Bertz CT molecular complexity index is 689. The molecule has 2 heterocycles. The maximum absolute atomic E-state index is 13.0. The first-order valence-corrected chi connectivity index (χ1v) is 8.80. The highest BCUT2D eigenvalue weighted by Crippen LogP contribution is 2.22. The van der Waals surface area contributed by atoms with Crippen LogP contribution in [0.3, 0.4) is 0 Å². The van der Waals surface area contributed by atoms with Gasteiger partial charge in [0.15, 0.2) is 0 Å². The van der Waals surface area contributed by atoms with Gasteiger partial charge in [-0.15, -0.1) is 11.3 Å². The molecule has 1 fully saturated rings. The molecule has 0 aliphatic carbocycles. The van der Waals surface area contributed by atoms with Gasteiger partial charge in [0.25, 0.3) is 0 Å². The maximum atomic E-state index is 13.0. The van der Waals surface area contributed by atoms with Gasteiger partial charge >= 0.3 is 6.03 Å². The van der Waals surface area contributed by atoms with Crippen LogP contribution in [0.2, 0.25) is 0 Å². The summed E-state index contributed by atoms with van der Waals surface area (Å²) in [5, 5.41) is 5.98. The van der Waals surface area contributed by atoms with Gasteiger partial charge in [0.1, 0.15) is 11.9 Å². The molecular weight excluding hydrogens is 329 g/mol. The Morgan fingerprint density at radius 2 is 2.25 bits per heavy atom. The highest BCUT2D eigenvalue weighted by molar-refractivity contribution is 7.09. The van der Waals surface area contributed by atoms with E-state index in [2.05, 4.69) is 10.3 Å². The maximum Gasteiger partial charge on any atom is 0.317 e. The smallest absolute Gasteiger partial charge is 0.317 e. The molecule has 1 saturated heterocycles. The number of rotatable bonds is 4. The van der Waals surface area contributed by atoms with Gasteiger partial charge in [-0.1, -0.05) is 12.1 Å². The molecule has 2 aromatic rings. The summed E-state index contributed by atoms with van der Waals surface area (Å²) in [7, 11) is 0. The van der Waals surface area contributed by atoms with E-state index in [1.165, 1.54) is 12.1 Å². The minimum Gasteiger partial charge on any atom is -0.370 e. The van der Waals surface area contributed by atoms with Crippen LogP contribution in [0.1, 0.15) is 22.4 Å². The number of hydrogen-bond acceptors (Lipinski definition) is 4. The number of ether oxygens (including phenoxy) is 1. The number of hydrogen-bond donors (Lipinski definition) is 1. The predicted octanol–water partition coefficient (Wildman–Crippen LogP) is 2.92. The molecule has 0 radical (unpaired) electrons. The molecule has 24 heavy (non-hydrogen) atoms. The van der Waals surface area contributed by atoms with Crippen molar-refractivity contribution in [2.24, 2.45) is 0 Å². The van der Waals surface area contributed by atoms with Crippen LogP contribution in [-0.2, 0) is 11.2 Å². The molecule has 1 N–H and O–H groups in total. The molecule has 3 rings (SSSR count). The second kappa shape index (κ2) is 7.72. The Morgan fingerprint density at radius 1 is 1.46 bits per heavy atom. The molecule has 1 aromatic heterocycles. The van der Waals surface area contributed by atoms with Crippen molar-refractivity contribution < 1.29 is 13.9 Å². The van der Waals surface area contributed by atoms with Crippen molar-refractivity contribution in [3.05, 3.63) is 51.7 Å². The van der Waals surface area contributed by atoms with Crippen molar-refractivity contribution >= 4 is 17.4 Å². The monoisotopic (exact) mass is 349 g/mol. The van der Waals surface area contributed by atoms with Crippen LogP contribution >= 0.6 is 11.3 Å². The van der Waals surface area contributed by atoms with Gasteiger partial charge in [-0.2, -0.15) is 0 Å². The van der Waals surface area contributed by atoms with E-state index in [1.54, 1.807) is 28.4 Å². The van der Waals surface area contributed by atoms with Crippen molar-refractivity contribution in [2.45, 2.75) is 19.4 Å². The van der Waals surface area contributed by atoms with E-state index in [1.807, 2.05) is 12.3 Å². The number of nitrogens with zero attached hydrogens (tertiary/aromatic N) is 2. The summed E-state index contributed by atoms with van der Waals surface area (Å²) < 4.78 is 18.7. The molecular formula is C17H20FN3O2S. The molecule has 0 bridgehead atoms. The average Bonchev–Trinajstić information content (AvgIpc) is 3.01. The lowest BCUT2D eigenvalue weighted by Crippen LogP contribution is -2.47. The number of thiazole rings is 1. The summed E-state index contributed by atoms with van der Waals surface area (Å²) in [6.45, 7) is 4.02. The van der Waals surface area contributed by atoms with Crippen LogP contribution in [0.5, 0.6) is 0 Å². The number of morpholine rings is 1. The van der Waals surface area contributed by atoms with Crippen molar-refractivity contribution in [2.75, 3.05) is 26.2 Å². The third-order valence-corrected chi connectivity index (χ3v) is 4.74. The minimum atomic E-state index is -0.276. The van der Waals surface area contributed by atoms with Crippen molar-refractivity contribution in [1.82, 2.24) is 15.2 Å². The number of urea groups is 1. The molecule has 1 aromatic carbocycles. The first-order valence-electron chi connectivity index (χ1n) is 7.92. The van der Waals surface area contributed by atoms with Gasteiger partial charge in [-0.05, 0) is 24.6 Å². The quantitative estimate of drug-likeness (QED) is 0.923. The highest BCUT2D eigenvalue weighted by Gasteiger charge is 2.25. The lowest BCUT2D eigenvalue weighted by atomic mass is 10.1. The third kappa shape index (κ3) is 4.30. The summed E-state index contributed by atoms with van der Waals surface area (Å²) >= 11 is 1.61. The van der Waals surface area contributed by atoms with Gasteiger partial charge in [0.05, 0.1) is 23.9 Å². The number of aromatic nitrogens is 1. The van der Waals surface area contributed by atoms with Gasteiger partial charge < -0.3 is 15.0 Å². The standard InChI is InChI=1S/C17H20FN3O2S/c1-12-20-15(11-24-12)6-7-19-17(22)21-8-9-23-16(10-21)13-2-4-14(18)5-3-13/h2-5,11,16H,6-10H2,1H3,(H,19,22)/t16-/m0/s1. The number of aryl methyl sites for hydroxylation is 1. The number of nitrogens with one attached hydrogen (secondary N) is 1. The minimum absolute atomic E-state index is 0.0997. The Balaban J connectivity index is 1.50. The van der Waals surface area contributed by atoms with Crippen LogP contribution in [0.15, 0.2) is 29.6 Å². The van der Waals surface area contributed by atoms with Crippen LogP contribution in [0, 0.1) is 12.7 Å². The Kier molecular flexibility index (Phi) is 5.42. The zero-order chi connectivity index (χ0) is 16.9. The van der Waals surface area contributed by atoms with Crippen LogP contribution in [0.25, 0.3) is 0 Å². The number of amides is 2. The lowest BCUT2D eigenvalue weighted by molar-refractivity contribution is -0.0154. The largest absolute Gasteiger partial charge is 0.370 e. The van der Waals surface area contributed by atoms with E-state index >= 15 is 0 Å². The first-order chi connectivity index (χ1) is 11.6. The number of carbonyl (C=O) groups excluding carboxylic acids is 1. The molecule has 0 saturated carbocycles. The summed E-state index contributed by atoms with van der Waals surface area (Å²) in [5.41, 5.74) is 1.89. The molecule has 0 spiro atoms. The van der Waals surface area contributed by atoms with Crippen LogP contribution < -0.4 is 5.32 Å². The van der Waals surface area contributed by atoms with E-state index in [-0.39, 0.29) is 18.0 Å². The zero-order valence-corrected chi connectivity index (χ0v) is 14.3. The summed E-state index contributed by atoms with van der Waals surface area (Å²) in [5.74, 6) is -0.276. The molecule has 7 heteroatoms. The fourth-order valence-electron chi connectivity index (χ4n) is 2.65. The summed E-state index contributed by atoms with van der Waals surface area (Å²) in [6, 6.07) is 6.12. The normalized spacial score (nSPS) is 17.8. The Labute approximate surface area is 144 Å². The highest BCUT2D eigenvalue weighted by atomic mass is 32.1. The van der Waals surface area contributed by atoms with Gasteiger partial charge in [0.2, 0.25) is 0 Å². The zero-order valence-electron chi connectivity index (χ0n) is 13.5. The summed E-state index contributed by atoms with van der Waals surface area (Å²) in [4.78, 5) is 18.4. The number of benzene rings is 1. The fraction of sp³-hybridized carbons (Fsp3) is 0.412.